The molecule has 0 saturated carbocycles. The predicted octanol–water partition coefficient (Wildman–Crippen LogP) is 2.35. The van der Waals surface area contributed by atoms with Crippen molar-refractivity contribution < 1.29 is 23.5 Å². The van der Waals surface area contributed by atoms with Crippen molar-refractivity contribution in [2.45, 2.75) is 17.4 Å². The van der Waals surface area contributed by atoms with Gasteiger partial charge in [0.1, 0.15) is 11.6 Å². The fraction of sp³-hybridized carbons (Fsp3) is 0.286. The van der Waals surface area contributed by atoms with Crippen LogP contribution in [-0.2, 0) is 14.3 Å². The number of carbonyl (C=O) groups is 2. The van der Waals surface area contributed by atoms with Gasteiger partial charge in [0.05, 0.1) is 12.9 Å². The molecule has 0 bridgehead atoms. The minimum atomic E-state index is -0.800. The molecule has 0 aliphatic heterocycles. The molecule has 1 N–H and O–H groups in total. The zero-order valence-corrected chi connectivity index (χ0v) is 14.4. The Morgan fingerprint density at radius 1 is 1.33 bits per heavy atom. The van der Waals surface area contributed by atoms with Crippen LogP contribution in [0.1, 0.15) is 6.92 Å². The minimum Gasteiger partial charge on any atom is -0.481 e. The molecule has 0 spiro atoms. The first-order valence-electron chi connectivity index (χ1n) is 6.74. The molecule has 7 nitrogen and oxygen atoms in total. The number of hydrogen-bond donors (Lipinski definition) is 1. The average Bonchev–Trinajstić information content (AvgIpc) is 3.02. The number of amides is 1. The van der Waals surface area contributed by atoms with Crippen LogP contribution in [0.3, 0.4) is 0 Å². The van der Waals surface area contributed by atoms with Crippen molar-refractivity contribution in [3.05, 3.63) is 30.1 Å². The summed E-state index contributed by atoms with van der Waals surface area (Å²) in [4.78, 5) is 23.1. The first kappa shape index (κ1) is 18.1. The Balaban J connectivity index is 1.86. The summed E-state index contributed by atoms with van der Waals surface area (Å²) < 4.78 is 23.3. The number of methoxy groups -OCH3 is 1. The average molecular weight is 371 g/mol. The topological polar surface area (TPSA) is 90.4 Å². The van der Waals surface area contributed by atoms with Crippen LogP contribution in [0.15, 0.2) is 28.6 Å². The fourth-order valence-corrected chi connectivity index (χ4v) is 3.06. The number of nitrogens with one attached hydrogen (secondary N) is 1. The van der Waals surface area contributed by atoms with Crippen LogP contribution in [-0.4, -0.2) is 41.0 Å². The summed E-state index contributed by atoms with van der Waals surface area (Å²) in [6.45, 7) is 1.56. The number of rotatable bonds is 7. The lowest BCUT2D eigenvalue weighted by Crippen LogP contribution is -2.30. The smallest absolute Gasteiger partial charge is 0.316 e. The van der Waals surface area contributed by atoms with E-state index in [1.807, 2.05) is 0 Å². The van der Waals surface area contributed by atoms with E-state index in [1.165, 1.54) is 43.1 Å². The highest BCUT2D eigenvalue weighted by Gasteiger charge is 2.17. The van der Waals surface area contributed by atoms with Crippen molar-refractivity contribution in [3.8, 4) is 5.75 Å². The quantitative estimate of drug-likeness (QED) is 0.454. The maximum absolute atomic E-state index is 12.8. The van der Waals surface area contributed by atoms with E-state index in [-0.39, 0.29) is 17.5 Å². The van der Waals surface area contributed by atoms with E-state index >= 15 is 0 Å². The summed E-state index contributed by atoms with van der Waals surface area (Å²) in [5, 5.41) is 10.5. The van der Waals surface area contributed by atoms with Crippen LogP contribution in [0.2, 0.25) is 0 Å². The van der Waals surface area contributed by atoms with Gasteiger partial charge in [0, 0.05) is 0 Å². The molecule has 2 aromatic rings. The highest BCUT2D eigenvalue weighted by molar-refractivity contribution is 8.01. The van der Waals surface area contributed by atoms with E-state index in [2.05, 4.69) is 20.3 Å². The molecule has 0 fully saturated rings. The van der Waals surface area contributed by atoms with Gasteiger partial charge in [-0.3, -0.25) is 14.9 Å². The molecule has 0 unspecified atom stereocenters. The third kappa shape index (κ3) is 5.46. The number of nitrogens with zero attached hydrogens (tertiary/aromatic N) is 2. The SMILES string of the molecule is COC(=O)CSc1nnc(NC(=O)[C@@H](C)Oc2ccc(F)cc2)s1. The van der Waals surface area contributed by atoms with Gasteiger partial charge in [-0.25, -0.2) is 4.39 Å². The van der Waals surface area contributed by atoms with E-state index < -0.39 is 12.0 Å². The lowest BCUT2D eigenvalue weighted by atomic mass is 10.3. The molecule has 0 radical (unpaired) electrons. The monoisotopic (exact) mass is 371 g/mol. The number of ether oxygens (including phenoxy) is 2. The van der Waals surface area contributed by atoms with Gasteiger partial charge in [-0.15, -0.1) is 10.2 Å². The Morgan fingerprint density at radius 3 is 2.71 bits per heavy atom. The largest absolute Gasteiger partial charge is 0.481 e. The van der Waals surface area contributed by atoms with Crippen molar-refractivity contribution in [3.63, 3.8) is 0 Å². The number of halogens is 1. The Bertz CT molecular complexity index is 708. The molecule has 1 aromatic carbocycles. The van der Waals surface area contributed by atoms with Gasteiger partial charge in [-0.2, -0.15) is 0 Å². The Kier molecular flexibility index (Phi) is 6.50. The molecule has 1 atom stereocenters. The van der Waals surface area contributed by atoms with Gasteiger partial charge in [0.15, 0.2) is 10.4 Å². The summed E-state index contributed by atoms with van der Waals surface area (Å²) >= 11 is 2.30. The zero-order valence-electron chi connectivity index (χ0n) is 12.8. The van der Waals surface area contributed by atoms with Gasteiger partial charge < -0.3 is 9.47 Å². The Labute approximate surface area is 145 Å². The first-order chi connectivity index (χ1) is 11.5. The molecule has 1 heterocycles. The molecular formula is C14H14FN3O4S2. The van der Waals surface area contributed by atoms with Crippen LogP contribution in [0.4, 0.5) is 9.52 Å². The number of esters is 1. The normalized spacial score (nSPS) is 11.6. The third-order valence-electron chi connectivity index (χ3n) is 2.67. The molecule has 24 heavy (non-hydrogen) atoms. The maximum atomic E-state index is 12.8. The zero-order chi connectivity index (χ0) is 17.5. The highest BCUT2D eigenvalue weighted by Crippen LogP contribution is 2.25. The number of benzene rings is 1. The lowest BCUT2D eigenvalue weighted by Gasteiger charge is -2.13. The molecule has 2 rings (SSSR count). The molecular weight excluding hydrogens is 357 g/mol. The van der Waals surface area contributed by atoms with Crippen molar-refractivity contribution in [1.82, 2.24) is 10.2 Å². The summed E-state index contributed by atoms with van der Waals surface area (Å²) in [5.41, 5.74) is 0. The lowest BCUT2D eigenvalue weighted by molar-refractivity contribution is -0.137. The van der Waals surface area contributed by atoms with Crippen LogP contribution in [0, 0.1) is 5.82 Å². The summed E-state index contributed by atoms with van der Waals surface area (Å²) in [6, 6.07) is 5.36. The van der Waals surface area contributed by atoms with Crippen molar-refractivity contribution in [1.29, 1.82) is 0 Å². The molecule has 0 saturated heterocycles. The van der Waals surface area contributed by atoms with E-state index in [1.54, 1.807) is 6.92 Å². The van der Waals surface area contributed by atoms with Crippen LogP contribution in [0.5, 0.6) is 5.75 Å². The van der Waals surface area contributed by atoms with Gasteiger partial charge in [0.25, 0.3) is 5.91 Å². The second-order valence-corrected chi connectivity index (χ2v) is 6.64. The second-order valence-electron chi connectivity index (χ2n) is 4.44. The van der Waals surface area contributed by atoms with E-state index in [4.69, 9.17) is 4.74 Å². The molecule has 128 valence electrons. The molecule has 10 heteroatoms. The standard InChI is InChI=1S/C14H14FN3O4S2/c1-8(22-10-5-3-9(15)4-6-10)12(20)16-13-17-18-14(24-13)23-7-11(19)21-2/h3-6,8H,7H2,1-2H3,(H,16,17,20)/t8-/m1/s1. The van der Waals surface area contributed by atoms with Crippen molar-refractivity contribution in [2.75, 3.05) is 18.2 Å². The summed E-state index contributed by atoms with van der Waals surface area (Å²) in [6.07, 6.45) is -0.800. The summed E-state index contributed by atoms with van der Waals surface area (Å²) in [7, 11) is 1.30. The van der Waals surface area contributed by atoms with E-state index in [0.29, 0.717) is 15.2 Å². The van der Waals surface area contributed by atoms with Crippen LogP contribution in [0.25, 0.3) is 0 Å². The third-order valence-corrected chi connectivity index (χ3v) is 4.62. The number of thioether (sulfide) groups is 1. The summed E-state index contributed by atoms with van der Waals surface area (Å²) in [5.74, 6) is -0.679. The number of anilines is 1. The van der Waals surface area contributed by atoms with E-state index in [9.17, 15) is 14.0 Å². The molecule has 0 aliphatic rings. The van der Waals surface area contributed by atoms with Gasteiger partial charge >= 0.3 is 5.97 Å². The minimum absolute atomic E-state index is 0.114. The molecule has 1 aromatic heterocycles. The highest BCUT2D eigenvalue weighted by atomic mass is 32.2. The first-order valence-corrected chi connectivity index (χ1v) is 8.54. The fourth-order valence-electron chi connectivity index (χ4n) is 1.48. The van der Waals surface area contributed by atoms with Gasteiger partial charge in [-0.05, 0) is 31.2 Å². The van der Waals surface area contributed by atoms with Crippen LogP contribution < -0.4 is 10.1 Å². The second kappa shape index (κ2) is 8.60. The molecule has 1 amide bonds. The number of hydrogen-bond acceptors (Lipinski definition) is 8. The Morgan fingerprint density at radius 2 is 2.04 bits per heavy atom. The number of carbonyl (C=O) groups excluding carboxylic acids is 2. The van der Waals surface area contributed by atoms with Gasteiger partial charge in [0.2, 0.25) is 5.13 Å². The van der Waals surface area contributed by atoms with Crippen molar-refractivity contribution >= 4 is 40.1 Å². The molecule has 0 aliphatic carbocycles. The van der Waals surface area contributed by atoms with E-state index in [0.717, 1.165) is 11.3 Å². The maximum Gasteiger partial charge on any atom is 0.316 e. The number of aromatic nitrogens is 2. The van der Waals surface area contributed by atoms with Crippen molar-refractivity contribution in [2.24, 2.45) is 0 Å². The van der Waals surface area contributed by atoms with Gasteiger partial charge in [-0.1, -0.05) is 23.1 Å². The van der Waals surface area contributed by atoms with Crippen LogP contribution >= 0.6 is 23.1 Å². The Hall–Kier alpha value is -2.20. The predicted molar refractivity (Wildman–Crippen MR) is 87.8 cm³/mol.